The van der Waals surface area contributed by atoms with Crippen molar-refractivity contribution in [1.29, 1.82) is 0 Å². The van der Waals surface area contributed by atoms with E-state index in [0.717, 1.165) is 19.5 Å². The van der Waals surface area contributed by atoms with Crippen molar-refractivity contribution >= 4 is 10.9 Å². The van der Waals surface area contributed by atoms with Crippen molar-refractivity contribution in [2.24, 2.45) is 5.92 Å². The van der Waals surface area contributed by atoms with E-state index < -0.39 is 0 Å². The van der Waals surface area contributed by atoms with Crippen molar-refractivity contribution in [3.8, 4) is 0 Å². The molecule has 106 valence electrons. The Morgan fingerprint density at radius 3 is 3.10 bits per heavy atom. The maximum atomic E-state index is 12.0. The molecular weight excluding hydrogens is 254 g/mol. The molecule has 2 aromatic rings. The Bertz CT molecular complexity index is 653. The Balaban J connectivity index is 1.76. The first kappa shape index (κ1) is 13.3. The molecule has 0 radical (unpaired) electrons. The number of ether oxygens (including phenoxy) is 1. The summed E-state index contributed by atoms with van der Waals surface area (Å²) < 4.78 is 5.89. The molecule has 2 unspecified atom stereocenters. The Morgan fingerprint density at radius 2 is 2.25 bits per heavy atom. The van der Waals surface area contributed by atoms with Gasteiger partial charge in [-0.05, 0) is 31.0 Å². The molecule has 3 rings (SSSR count). The van der Waals surface area contributed by atoms with Gasteiger partial charge in [0, 0.05) is 6.54 Å². The highest BCUT2D eigenvalue weighted by atomic mass is 16.5. The predicted molar refractivity (Wildman–Crippen MR) is 77.6 cm³/mol. The van der Waals surface area contributed by atoms with Gasteiger partial charge < -0.3 is 15.0 Å². The van der Waals surface area contributed by atoms with Crippen LogP contribution in [0.15, 0.2) is 29.1 Å². The number of aromatic amines is 1. The van der Waals surface area contributed by atoms with Crippen molar-refractivity contribution in [3.63, 3.8) is 0 Å². The van der Waals surface area contributed by atoms with E-state index in [0.29, 0.717) is 29.3 Å². The minimum Gasteiger partial charge on any atom is -0.369 e. The lowest BCUT2D eigenvalue weighted by atomic mass is 9.97. The van der Waals surface area contributed by atoms with E-state index in [1.165, 1.54) is 0 Å². The van der Waals surface area contributed by atoms with Gasteiger partial charge in [0.25, 0.3) is 5.56 Å². The van der Waals surface area contributed by atoms with E-state index in [1.807, 2.05) is 18.2 Å². The van der Waals surface area contributed by atoms with Crippen LogP contribution in [0.2, 0.25) is 0 Å². The summed E-state index contributed by atoms with van der Waals surface area (Å²) in [5.74, 6) is 1.12. The minimum atomic E-state index is -0.107. The molecule has 1 aromatic heterocycles. The largest absolute Gasteiger partial charge is 0.369 e. The monoisotopic (exact) mass is 273 g/mol. The summed E-state index contributed by atoms with van der Waals surface area (Å²) >= 11 is 0. The van der Waals surface area contributed by atoms with Crippen LogP contribution in [0.5, 0.6) is 0 Å². The van der Waals surface area contributed by atoms with E-state index in [-0.39, 0.29) is 11.7 Å². The van der Waals surface area contributed by atoms with Gasteiger partial charge in [0.2, 0.25) is 0 Å². The zero-order valence-corrected chi connectivity index (χ0v) is 11.6. The van der Waals surface area contributed by atoms with Gasteiger partial charge in [0.15, 0.2) is 0 Å². The van der Waals surface area contributed by atoms with Crippen LogP contribution in [0.3, 0.4) is 0 Å². The number of hydrogen-bond donors (Lipinski definition) is 2. The molecule has 20 heavy (non-hydrogen) atoms. The van der Waals surface area contributed by atoms with E-state index in [2.05, 4.69) is 22.2 Å². The van der Waals surface area contributed by atoms with Crippen molar-refractivity contribution in [2.75, 3.05) is 13.1 Å². The molecule has 5 nitrogen and oxygen atoms in total. The Hall–Kier alpha value is -1.72. The maximum absolute atomic E-state index is 12.0. The molecule has 0 amide bonds. The summed E-state index contributed by atoms with van der Waals surface area (Å²) in [6.07, 6.45) is 1.30. The highest BCUT2D eigenvalue weighted by molar-refractivity contribution is 5.77. The molecule has 1 saturated heterocycles. The summed E-state index contributed by atoms with van der Waals surface area (Å²) in [7, 11) is 0. The third-order valence-electron chi connectivity index (χ3n) is 3.85. The number of nitrogens with one attached hydrogen (secondary N) is 2. The van der Waals surface area contributed by atoms with Crippen molar-refractivity contribution in [3.05, 3.63) is 40.4 Å². The van der Waals surface area contributed by atoms with Crippen LogP contribution in [0.25, 0.3) is 10.9 Å². The molecule has 0 saturated carbocycles. The first-order valence-corrected chi connectivity index (χ1v) is 7.04. The zero-order valence-electron chi connectivity index (χ0n) is 11.6. The second-order valence-corrected chi connectivity index (χ2v) is 5.35. The molecule has 0 aliphatic carbocycles. The van der Waals surface area contributed by atoms with Gasteiger partial charge >= 0.3 is 0 Å². The average Bonchev–Trinajstić information content (AvgIpc) is 2.46. The van der Waals surface area contributed by atoms with Crippen LogP contribution in [0, 0.1) is 5.92 Å². The molecule has 5 heteroatoms. The van der Waals surface area contributed by atoms with Gasteiger partial charge in [-0.3, -0.25) is 4.79 Å². The summed E-state index contributed by atoms with van der Waals surface area (Å²) in [6, 6.07) is 7.34. The fourth-order valence-corrected chi connectivity index (χ4v) is 2.57. The number of H-pyrrole nitrogens is 1. The van der Waals surface area contributed by atoms with Gasteiger partial charge in [-0.15, -0.1) is 0 Å². The Kier molecular flexibility index (Phi) is 3.80. The fourth-order valence-electron chi connectivity index (χ4n) is 2.57. The van der Waals surface area contributed by atoms with Crippen LogP contribution in [0.4, 0.5) is 0 Å². The number of aromatic nitrogens is 2. The maximum Gasteiger partial charge on any atom is 0.258 e. The number of nitrogens with zero attached hydrogens (tertiary/aromatic N) is 1. The first-order chi connectivity index (χ1) is 9.74. The summed E-state index contributed by atoms with van der Waals surface area (Å²) in [6.45, 7) is 4.45. The average molecular weight is 273 g/mol. The van der Waals surface area contributed by atoms with Gasteiger partial charge in [0.1, 0.15) is 12.4 Å². The lowest BCUT2D eigenvalue weighted by molar-refractivity contribution is -0.00942. The number of rotatable bonds is 3. The standard InChI is InChI=1S/C15H19N3O2/c1-10-6-7-16-8-13(10)20-9-14-17-12-5-3-2-4-11(12)15(19)18-14/h2-5,10,13,16H,6-9H2,1H3,(H,17,18,19). The second kappa shape index (κ2) is 5.73. The van der Waals surface area contributed by atoms with Gasteiger partial charge in [-0.2, -0.15) is 0 Å². The van der Waals surface area contributed by atoms with Crippen LogP contribution in [-0.4, -0.2) is 29.2 Å². The summed E-state index contributed by atoms with van der Waals surface area (Å²) in [4.78, 5) is 19.2. The van der Waals surface area contributed by atoms with Crippen LogP contribution < -0.4 is 10.9 Å². The molecule has 0 bridgehead atoms. The molecule has 1 aromatic carbocycles. The first-order valence-electron chi connectivity index (χ1n) is 7.04. The normalized spacial score (nSPS) is 23.1. The van der Waals surface area contributed by atoms with Gasteiger partial charge in [-0.1, -0.05) is 19.1 Å². The van der Waals surface area contributed by atoms with E-state index in [4.69, 9.17) is 4.74 Å². The van der Waals surface area contributed by atoms with Crippen LogP contribution in [-0.2, 0) is 11.3 Å². The smallest absolute Gasteiger partial charge is 0.258 e. The molecule has 1 fully saturated rings. The van der Waals surface area contributed by atoms with Crippen LogP contribution >= 0.6 is 0 Å². The van der Waals surface area contributed by atoms with E-state index >= 15 is 0 Å². The lowest BCUT2D eigenvalue weighted by Gasteiger charge is -2.29. The molecule has 1 aliphatic rings. The summed E-state index contributed by atoms with van der Waals surface area (Å²) in [5, 5.41) is 3.94. The van der Waals surface area contributed by atoms with E-state index in [1.54, 1.807) is 6.07 Å². The number of benzene rings is 1. The molecule has 1 aliphatic heterocycles. The predicted octanol–water partition coefficient (Wildman–Crippen LogP) is 1.44. The third kappa shape index (κ3) is 2.73. The second-order valence-electron chi connectivity index (χ2n) is 5.35. The highest BCUT2D eigenvalue weighted by Crippen LogP contribution is 2.16. The number of fused-ring (bicyclic) bond motifs is 1. The van der Waals surface area contributed by atoms with E-state index in [9.17, 15) is 4.79 Å². The Labute approximate surface area is 117 Å². The summed E-state index contributed by atoms with van der Waals surface area (Å²) in [5.41, 5.74) is 0.605. The third-order valence-corrected chi connectivity index (χ3v) is 3.85. The van der Waals surface area contributed by atoms with Crippen molar-refractivity contribution in [1.82, 2.24) is 15.3 Å². The molecule has 2 atom stereocenters. The highest BCUT2D eigenvalue weighted by Gasteiger charge is 2.21. The van der Waals surface area contributed by atoms with Gasteiger partial charge in [0.05, 0.1) is 17.0 Å². The minimum absolute atomic E-state index is 0.107. The SMILES string of the molecule is CC1CCNCC1OCc1nc2ccccc2c(=O)[nH]1. The molecule has 2 N–H and O–H groups in total. The molecule has 2 heterocycles. The van der Waals surface area contributed by atoms with Crippen molar-refractivity contribution in [2.45, 2.75) is 26.1 Å². The number of hydrogen-bond acceptors (Lipinski definition) is 4. The number of para-hydroxylation sites is 1. The Morgan fingerprint density at radius 1 is 1.40 bits per heavy atom. The zero-order chi connectivity index (χ0) is 13.9. The van der Waals surface area contributed by atoms with Gasteiger partial charge in [-0.25, -0.2) is 4.98 Å². The van der Waals surface area contributed by atoms with Crippen molar-refractivity contribution < 1.29 is 4.74 Å². The lowest BCUT2D eigenvalue weighted by Crippen LogP contribution is -2.41. The fraction of sp³-hybridized carbons (Fsp3) is 0.467. The quantitative estimate of drug-likeness (QED) is 0.888. The number of piperidine rings is 1. The topological polar surface area (TPSA) is 67.0 Å². The molecular formula is C15H19N3O2. The molecule has 0 spiro atoms. The van der Waals surface area contributed by atoms with Crippen LogP contribution in [0.1, 0.15) is 19.2 Å².